The third-order valence-corrected chi connectivity index (χ3v) is 3.89. The molecule has 0 unspecified atom stereocenters. The molecule has 1 aliphatic heterocycles. The van der Waals surface area contributed by atoms with Gasteiger partial charge in [-0.05, 0) is 12.5 Å². The van der Waals surface area contributed by atoms with Crippen molar-refractivity contribution in [1.29, 1.82) is 0 Å². The van der Waals surface area contributed by atoms with Crippen LogP contribution in [0.25, 0.3) is 0 Å². The van der Waals surface area contributed by atoms with Crippen molar-refractivity contribution in [2.75, 3.05) is 6.61 Å². The third kappa shape index (κ3) is 3.76. The van der Waals surface area contributed by atoms with Crippen LogP contribution in [0, 0.1) is 11.8 Å². The highest BCUT2D eigenvalue weighted by molar-refractivity contribution is 5.86. The van der Waals surface area contributed by atoms with Crippen molar-refractivity contribution in [2.24, 2.45) is 11.8 Å². The first-order valence-corrected chi connectivity index (χ1v) is 7.31. The molecule has 2 rings (SSSR count). The summed E-state index contributed by atoms with van der Waals surface area (Å²) in [5, 5.41) is 11.9. The molecule has 6 nitrogen and oxygen atoms in total. The Morgan fingerprint density at radius 3 is 2.59 bits per heavy atom. The molecule has 0 spiro atoms. The molecule has 0 radical (unpaired) electrons. The number of amides is 1. The van der Waals surface area contributed by atoms with Crippen LogP contribution in [-0.4, -0.2) is 35.9 Å². The lowest BCUT2D eigenvalue weighted by molar-refractivity contribution is -0.144. The first kappa shape index (κ1) is 16.3. The Morgan fingerprint density at radius 1 is 1.32 bits per heavy atom. The molecule has 120 valence electrons. The number of carbonyl (C=O) groups is 2. The van der Waals surface area contributed by atoms with Crippen molar-refractivity contribution in [3.63, 3.8) is 0 Å². The maximum Gasteiger partial charge on any atom is 0.508 e. The largest absolute Gasteiger partial charge is 0.508 e. The monoisotopic (exact) mass is 307 g/mol. The van der Waals surface area contributed by atoms with E-state index in [1.807, 2.05) is 37.3 Å². The van der Waals surface area contributed by atoms with Gasteiger partial charge in [-0.25, -0.2) is 4.79 Å². The number of benzene rings is 1. The lowest BCUT2D eigenvalue weighted by atomic mass is 9.79. The van der Waals surface area contributed by atoms with E-state index in [0.29, 0.717) is 0 Å². The molecule has 0 saturated carbocycles. The number of hydrogen-bond acceptors (Lipinski definition) is 5. The minimum Gasteiger partial charge on any atom is -0.430 e. The van der Waals surface area contributed by atoms with Gasteiger partial charge >= 0.3 is 6.16 Å². The quantitative estimate of drug-likeness (QED) is 0.614. The summed E-state index contributed by atoms with van der Waals surface area (Å²) in [5.74, 6) is -0.714. The van der Waals surface area contributed by atoms with Gasteiger partial charge in [0.2, 0.25) is 5.91 Å². The average Bonchev–Trinajstić information content (AvgIpc) is 2.50. The Hall–Kier alpha value is -2.08. The fourth-order valence-electron chi connectivity index (χ4n) is 2.51. The molecule has 4 atom stereocenters. The zero-order chi connectivity index (χ0) is 16.1. The van der Waals surface area contributed by atoms with Crippen LogP contribution in [-0.2, 0) is 20.9 Å². The van der Waals surface area contributed by atoms with E-state index in [-0.39, 0.29) is 31.1 Å². The Bertz CT molecular complexity index is 519. The van der Waals surface area contributed by atoms with E-state index in [4.69, 9.17) is 14.6 Å². The van der Waals surface area contributed by atoms with E-state index < -0.39 is 18.2 Å². The Morgan fingerprint density at radius 2 is 2.00 bits per heavy atom. The summed E-state index contributed by atoms with van der Waals surface area (Å²) in [6.45, 7) is 3.58. The molecular formula is C16H21NO5. The van der Waals surface area contributed by atoms with Gasteiger partial charge in [-0.15, -0.1) is 0 Å². The van der Waals surface area contributed by atoms with Gasteiger partial charge in [-0.1, -0.05) is 37.3 Å². The third-order valence-electron chi connectivity index (χ3n) is 3.89. The van der Waals surface area contributed by atoms with Gasteiger partial charge in [0.25, 0.3) is 0 Å². The summed E-state index contributed by atoms with van der Waals surface area (Å²) in [4.78, 5) is 23.3. The van der Waals surface area contributed by atoms with Gasteiger partial charge in [0.1, 0.15) is 12.7 Å². The molecule has 0 aliphatic carbocycles. The summed E-state index contributed by atoms with van der Waals surface area (Å²) in [5.41, 5.74) is 0.861. The summed E-state index contributed by atoms with van der Waals surface area (Å²) < 4.78 is 10.2. The number of rotatable bonds is 6. The fraction of sp³-hybridized carbons (Fsp3) is 0.500. The van der Waals surface area contributed by atoms with Crippen LogP contribution in [0.1, 0.15) is 19.4 Å². The molecule has 1 aromatic carbocycles. The van der Waals surface area contributed by atoms with Crippen molar-refractivity contribution < 1.29 is 24.2 Å². The van der Waals surface area contributed by atoms with E-state index in [0.717, 1.165) is 5.56 Å². The highest BCUT2D eigenvalue weighted by Crippen LogP contribution is 2.27. The Labute approximate surface area is 129 Å². The van der Waals surface area contributed by atoms with Crippen LogP contribution < -0.4 is 5.32 Å². The van der Waals surface area contributed by atoms with E-state index in [1.165, 1.54) is 0 Å². The van der Waals surface area contributed by atoms with Crippen molar-refractivity contribution >= 4 is 12.1 Å². The second kappa shape index (κ2) is 7.26. The normalized spacial score (nSPS) is 23.0. The number of carbonyl (C=O) groups excluding carboxylic acids is 2. The highest BCUT2D eigenvalue weighted by Gasteiger charge is 2.46. The molecule has 1 aromatic rings. The molecule has 0 aromatic heterocycles. The van der Waals surface area contributed by atoms with E-state index in [1.54, 1.807) is 6.92 Å². The number of β-lactam (4-membered cyclic amide) rings is 1. The van der Waals surface area contributed by atoms with Crippen LogP contribution in [0.5, 0.6) is 0 Å². The fourth-order valence-corrected chi connectivity index (χ4v) is 2.51. The van der Waals surface area contributed by atoms with Gasteiger partial charge in [-0.2, -0.15) is 0 Å². The number of nitrogens with one attached hydrogen (secondary N) is 1. The van der Waals surface area contributed by atoms with Crippen LogP contribution in [0.3, 0.4) is 0 Å². The highest BCUT2D eigenvalue weighted by atomic mass is 16.7. The van der Waals surface area contributed by atoms with E-state index in [2.05, 4.69) is 5.32 Å². The first-order chi connectivity index (χ1) is 10.5. The van der Waals surface area contributed by atoms with E-state index >= 15 is 0 Å². The van der Waals surface area contributed by atoms with Crippen molar-refractivity contribution in [3.05, 3.63) is 35.9 Å². The van der Waals surface area contributed by atoms with E-state index in [9.17, 15) is 9.59 Å². The number of ether oxygens (including phenoxy) is 2. The maximum absolute atomic E-state index is 11.7. The molecule has 0 bridgehead atoms. The topological polar surface area (TPSA) is 84.9 Å². The van der Waals surface area contributed by atoms with Gasteiger partial charge in [0, 0.05) is 18.6 Å². The predicted octanol–water partition coefficient (Wildman–Crippen LogP) is 1.47. The first-order valence-electron chi connectivity index (χ1n) is 7.31. The second-order valence-corrected chi connectivity index (χ2v) is 5.57. The van der Waals surface area contributed by atoms with Gasteiger partial charge in [-0.3, -0.25) is 4.79 Å². The van der Waals surface area contributed by atoms with Crippen LogP contribution >= 0.6 is 0 Å². The van der Waals surface area contributed by atoms with Gasteiger partial charge < -0.3 is 19.9 Å². The Balaban J connectivity index is 1.82. The average molecular weight is 307 g/mol. The molecule has 6 heteroatoms. The Kier molecular flexibility index (Phi) is 5.38. The molecule has 2 N–H and O–H groups in total. The van der Waals surface area contributed by atoms with Crippen molar-refractivity contribution in [1.82, 2.24) is 5.32 Å². The van der Waals surface area contributed by atoms with Crippen LogP contribution in [0.15, 0.2) is 30.3 Å². The zero-order valence-corrected chi connectivity index (χ0v) is 12.7. The van der Waals surface area contributed by atoms with Crippen molar-refractivity contribution in [3.8, 4) is 0 Å². The summed E-state index contributed by atoms with van der Waals surface area (Å²) >= 11 is 0. The summed E-state index contributed by atoms with van der Waals surface area (Å²) in [6, 6.07) is 9.08. The molecule has 1 amide bonds. The predicted molar refractivity (Wildman–Crippen MR) is 78.8 cm³/mol. The zero-order valence-electron chi connectivity index (χ0n) is 12.7. The minimum atomic E-state index is -0.800. The smallest absolute Gasteiger partial charge is 0.430 e. The van der Waals surface area contributed by atoms with Crippen molar-refractivity contribution in [2.45, 2.75) is 32.6 Å². The standard InChI is InChI=1S/C16H21NO5/c1-10(8-18)14-13(15(19)17-14)11(2)22-16(20)21-9-12-6-4-3-5-7-12/h3-7,10-11,13-14,18H,8-9H2,1-2H3,(H,17,19)/t10-,11+,13+,14+/m0/s1. The molecule has 1 heterocycles. The SMILES string of the molecule is C[C@@H](CO)[C@H]1NC(=O)[C@@H]1[C@@H](C)OC(=O)OCc1ccccc1. The van der Waals surface area contributed by atoms with Gasteiger partial charge in [0.15, 0.2) is 0 Å². The molecule has 1 fully saturated rings. The molecule has 1 saturated heterocycles. The molecule has 1 aliphatic rings. The minimum absolute atomic E-state index is 0.0351. The number of aliphatic hydroxyl groups excluding tert-OH is 1. The maximum atomic E-state index is 11.7. The van der Waals surface area contributed by atoms with Crippen LogP contribution in [0.4, 0.5) is 4.79 Å². The second-order valence-electron chi connectivity index (χ2n) is 5.57. The number of aliphatic hydroxyl groups is 1. The van der Waals surface area contributed by atoms with Crippen LogP contribution in [0.2, 0.25) is 0 Å². The lowest BCUT2D eigenvalue weighted by Gasteiger charge is -2.42. The molecule has 22 heavy (non-hydrogen) atoms. The summed E-state index contributed by atoms with van der Waals surface area (Å²) in [7, 11) is 0. The molecular weight excluding hydrogens is 286 g/mol. The lowest BCUT2D eigenvalue weighted by Crippen LogP contribution is -2.65. The number of hydrogen-bond donors (Lipinski definition) is 2. The van der Waals surface area contributed by atoms with Gasteiger partial charge in [0.05, 0.1) is 5.92 Å². The summed E-state index contributed by atoms with van der Waals surface area (Å²) in [6.07, 6.45) is -1.40.